The Morgan fingerprint density at radius 1 is 1.31 bits per heavy atom. The van der Waals surface area contributed by atoms with E-state index in [4.69, 9.17) is 10.5 Å². The molecule has 1 aliphatic heterocycles. The Morgan fingerprint density at radius 2 is 2.12 bits per heavy atom. The van der Waals surface area contributed by atoms with Crippen LogP contribution in [0.1, 0.15) is 24.5 Å². The average Bonchev–Trinajstić information content (AvgIpc) is 3.03. The fourth-order valence-corrected chi connectivity index (χ4v) is 3.26. The number of ether oxygens (including phenoxy) is 1. The molecule has 4 rings (SSSR count). The number of rotatable bonds is 5. The fraction of sp³-hybridized carbons (Fsp3) is 0.600. The van der Waals surface area contributed by atoms with Gasteiger partial charge in [0, 0.05) is 36.8 Å². The van der Waals surface area contributed by atoms with Crippen LogP contribution < -0.4 is 16.0 Å². The van der Waals surface area contributed by atoms with E-state index in [9.17, 15) is 4.79 Å². The van der Waals surface area contributed by atoms with E-state index >= 15 is 0 Å². The van der Waals surface area contributed by atoms with Crippen LogP contribution >= 0.6 is 0 Å². The second kappa shape index (κ2) is 7.20. The summed E-state index contributed by atoms with van der Waals surface area (Å²) in [6, 6.07) is 2.18. The lowest BCUT2D eigenvalue weighted by molar-refractivity contribution is -0.123. The van der Waals surface area contributed by atoms with Crippen molar-refractivity contribution in [2.45, 2.75) is 31.3 Å². The Morgan fingerprint density at radius 3 is 2.85 bits per heavy atom. The van der Waals surface area contributed by atoms with E-state index in [0.29, 0.717) is 5.92 Å². The number of hydrogen-bond acceptors (Lipinski definition) is 9. The second-order valence-corrected chi connectivity index (χ2v) is 6.53. The van der Waals surface area contributed by atoms with Crippen molar-refractivity contribution in [1.29, 1.82) is 0 Å². The summed E-state index contributed by atoms with van der Waals surface area (Å²) < 4.78 is 6.65. The van der Waals surface area contributed by atoms with Crippen molar-refractivity contribution in [3.63, 3.8) is 0 Å². The van der Waals surface area contributed by atoms with E-state index in [1.54, 1.807) is 6.33 Å². The maximum Gasteiger partial charge on any atom is 0.242 e. The number of nitrogens with zero attached hydrogens (tertiary/aromatic N) is 7. The molecule has 0 atom stereocenters. The number of nitrogens with one attached hydrogen (secondary N) is 1. The number of morpholine rings is 1. The van der Waals surface area contributed by atoms with Gasteiger partial charge in [0.1, 0.15) is 18.7 Å². The van der Waals surface area contributed by atoms with Gasteiger partial charge in [-0.15, -0.1) is 0 Å². The van der Waals surface area contributed by atoms with Crippen molar-refractivity contribution in [3.8, 4) is 0 Å². The summed E-state index contributed by atoms with van der Waals surface area (Å²) in [5, 5.41) is 13.6. The van der Waals surface area contributed by atoms with Gasteiger partial charge in [0.15, 0.2) is 0 Å². The molecule has 0 radical (unpaired) electrons. The molecule has 11 heteroatoms. The standard InChI is InChI=1S/C15H21N9O2/c16-15-20-21-22-24(15)8-14(25)19-11-5-10(6-11)12-7-13(18-9-17-12)23-1-3-26-4-2-23/h7,9-11H,1-6,8H2,(H,19,25)(H2,16,20,22). The molecule has 1 amide bonds. The minimum atomic E-state index is -0.149. The zero-order valence-corrected chi connectivity index (χ0v) is 14.3. The van der Waals surface area contributed by atoms with Crippen LogP contribution in [0.3, 0.4) is 0 Å². The lowest BCUT2D eigenvalue weighted by Gasteiger charge is -2.36. The predicted molar refractivity (Wildman–Crippen MR) is 91.2 cm³/mol. The number of hydrogen-bond donors (Lipinski definition) is 2. The first-order valence-electron chi connectivity index (χ1n) is 8.64. The normalized spacial score (nSPS) is 22.7. The van der Waals surface area contributed by atoms with Gasteiger partial charge in [-0.3, -0.25) is 4.79 Å². The summed E-state index contributed by atoms with van der Waals surface area (Å²) in [4.78, 5) is 23.0. The quantitative estimate of drug-likeness (QED) is 0.684. The van der Waals surface area contributed by atoms with E-state index in [-0.39, 0.29) is 24.4 Å². The molecular weight excluding hydrogens is 338 g/mol. The van der Waals surface area contributed by atoms with Crippen molar-refractivity contribution >= 4 is 17.7 Å². The Labute approximate surface area is 149 Å². The predicted octanol–water partition coefficient (Wildman–Crippen LogP) is -1.06. The Bertz CT molecular complexity index is 768. The van der Waals surface area contributed by atoms with Crippen LogP contribution in [0.4, 0.5) is 11.8 Å². The monoisotopic (exact) mass is 359 g/mol. The van der Waals surface area contributed by atoms with Crippen molar-refractivity contribution in [2.75, 3.05) is 36.9 Å². The van der Waals surface area contributed by atoms with Crippen molar-refractivity contribution in [1.82, 2.24) is 35.5 Å². The smallest absolute Gasteiger partial charge is 0.242 e. The van der Waals surface area contributed by atoms with Gasteiger partial charge in [0.05, 0.1) is 13.2 Å². The summed E-state index contributed by atoms with van der Waals surface area (Å²) >= 11 is 0. The Balaban J connectivity index is 1.29. The topological polar surface area (TPSA) is 137 Å². The largest absolute Gasteiger partial charge is 0.378 e. The number of amides is 1. The molecule has 11 nitrogen and oxygen atoms in total. The van der Waals surface area contributed by atoms with Gasteiger partial charge in [-0.25, -0.2) is 14.6 Å². The highest BCUT2D eigenvalue weighted by Gasteiger charge is 2.33. The van der Waals surface area contributed by atoms with Gasteiger partial charge < -0.3 is 20.7 Å². The number of nitrogens with two attached hydrogens (primary N) is 1. The number of aromatic nitrogens is 6. The highest BCUT2D eigenvalue weighted by atomic mass is 16.5. The van der Waals surface area contributed by atoms with Crippen LogP contribution in [0.5, 0.6) is 0 Å². The summed E-state index contributed by atoms with van der Waals surface area (Å²) in [6.45, 7) is 3.17. The zero-order chi connectivity index (χ0) is 17.9. The maximum absolute atomic E-state index is 12.0. The molecule has 2 aromatic rings. The molecule has 0 spiro atoms. The van der Waals surface area contributed by atoms with E-state index in [0.717, 1.165) is 50.7 Å². The number of carbonyl (C=O) groups excluding carboxylic acids is 1. The van der Waals surface area contributed by atoms with Crippen LogP contribution in [0.15, 0.2) is 12.4 Å². The number of anilines is 2. The van der Waals surface area contributed by atoms with Crippen molar-refractivity contribution < 1.29 is 9.53 Å². The SMILES string of the molecule is Nc1nnnn1CC(=O)NC1CC(c2cc(N3CCOCC3)ncn2)C1. The van der Waals surface area contributed by atoms with Gasteiger partial charge in [-0.1, -0.05) is 5.10 Å². The lowest BCUT2D eigenvalue weighted by Crippen LogP contribution is -2.45. The third-order valence-corrected chi connectivity index (χ3v) is 4.78. The van der Waals surface area contributed by atoms with Crippen LogP contribution in [0.2, 0.25) is 0 Å². The van der Waals surface area contributed by atoms with Gasteiger partial charge >= 0.3 is 0 Å². The van der Waals surface area contributed by atoms with E-state index < -0.39 is 0 Å². The highest BCUT2D eigenvalue weighted by molar-refractivity contribution is 5.76. The van der Waals surface area contributed by atoms with E-state index in [1.807, 2.05) is 0 Å². The third kappa shape index (κ3) is 3.57. The van der Waals surface area contributed by atoms with Crippen LogP contribution in [0, 0.1) is 0 Å². The molecule has 1 aliphatic carbocycles. The maximum atomic E-state index is 12.0. The zero-order valence-electron chi connectivity index (χ0n) is 14.3. The lowest BCUT2D eigenvalue weighted by atomic mass is 9.78. The Kier molecular flexibility index (Phi) is 4.61. The molecule has 3 N–H and O–H groups in total. The molecule has 138 valence electrons. The summed E-state index contributed by atoms with van der Waals surface area (Å²) in [6.07, 6.45) is 3.33. The molecule has 2 fully saturated rings. The first kappa shape index (κ1) is 16.6. The molecule has 1 saturated carbocycles. The number of carbonyl (C=O) groups is 1. The molecule has 3 heterocycles. The van der Waals surface area contributed by atoms with Crippen LogP contribution in [-0.2, 0) is 16.1 Å². The van der Waals surface area contributed by atoms with Gasteiger partial charge in [-0.05, 0) is 23.3 Å². The van der Waals surface area contributed by atoms with Crippen LogP contribution in [0.25, 0.3) is 0 Å². The molecule has 0 aromatic carbocycles. The molecule has 2 aromatic heterocycles. The van der Waals surface area contributed by atoms with Crippen molar-refractivity contribution in [2.24, 2.45) is 0 Å². The van der Waals surface area contributed by atoms with Gasteiger partial charge in [0.25, 0.3) is 0 Å². The molecule has 2 aliphatic rings. The number of nitrogen functional groups attached to an aromatic ring is 1. The van der Waals surface area contributed by atoms with E-state index in [1.165, 1.54) is 4.68 Å². The third-order valence-electron chi connectivity index (χ3n) is 4.78. The molecule has 26 heavy (non-hydrogen) atoms. The summed E-state index contributed by atoms with van der Waals surface area (Å²) in [7, 11) is 0. The minimum absolute atomic E-state index is 0.0225. The fourth-order valence-electron chi connectivity index (χ4n) is 3.26. The average molecular weight is 359 g/mol. The summed E-state index contributed by atoms with van der Waals surface area (Å²) in [5.74, 6) is 1.26. The number of tetrazole rings is 1. The molecular formula is C15H21N9O2. The molecule has 0 unspecified atom stereocenters. The minimum Gasteiger partial charge on any atom is -0.378 e. The molecule has 0 bridgehead atoms. The van der Waals surface area contributed by atoms with Crippen molar-refractivity contribution in [3.05, 3.63) is 18.1 Å². The van der Waals surface area contributed by atoms with Gasteiger partial charge in [-0.2, -0.15) is 0 Å². The first-order chi connectivity index (χ1) is 12.7. The summed E-state index contributed by atoms with van der Waals surface area (Å²) in [5.41, 5.74) is 6.59. The van der Waals surface area contributed by atoms with E-state index in [2.05, 4.69) is 41.8 Å². The second-order valence-electron chi connectivity index (χ2n) is 6.53. The van der Waals surface area contributed by atoms with Crippen LogP contribution in [-0.4, -0.2) is 68.4 Å². The highest BCUT2D eigenvalue weighted by Crippen LogP contribution is 2.36. The molecule has 1 saturated heterocycles. The van der Waals surface area contributed by atoms with Gasteiger partial charge in [0.2, 0.25) is 11.9 Å². The first-order valence-corrected chi connectivity index (χ1v) is 8.64. The Hall–Kier alpha value is -2.82.